The first-order valence-electron chi connectivity index (χ1n) is 10.2. The summed E-state index contributed by atoms with van der Waals surface area (Å²) in [4.78, 5) is 50.4. The van der Waals surface area contributed by atoms with Gasteiger partial charge in [0.2, 0.25) is 5.91 Å². The predicted molar refractivity (Wildman–Crippen MR) is 103 cm³/mol. The van der Waals surface area contributed by atoms with Crippen LogP contribution in [0.4, 0.5) is 4.79 Å². The molecule has 4 amide bonds. The smallest absolute Gasteiger partial charge is 0.321 e. The van der Waals surface area contributed by atoms with Gasteiger partial charge in [-0.3, -0.25) is 19.7 Å². The number of hydrogen-bond acceptors (Lipinski definition) is 5. The van der Waals surface area contributed by atoms with Gasteiger partial charge < -0.3 is 15.0 Å². The Balaban J connectivity index is 1.73. The zero-order valence-corrected chi connectivity index (χ0v) is 17.4. The molecule has 0 aromatic rings. The van der Waals surface area contributed by atoms with Gasteiger partial charge in [0.05, 0.1) is 5.92 Å². The standard InChI is InChI=1S/C20H33N3O5/c1-13(16(24)22-19(27)21-15-7-5-6-8-15)28-17(25)14-9-11-23(12-10-14)18(26)20(2,3)4/h13-15H,5-12H2,1-4H3,(H2,21,22,24,27)/t13-/m1/s1. The van der Waals surface area contributed by atoms with Gasteiger partial charge in [-0.25, -0.2) is 4.79 Å². The van der Waals surface area contributed by atoms with Crippen molar-refractivity contribution in [1.82, 2.24) is 15.5 Å². The minimum Gasteiger partial charge on any atom is -0.452 e. The Labute approximate surface area is 166 Å². The van der Waals surface area contributed by atoms with Gasteiger partial charge in [-0.1, -0.05) is 33.6 Å². The average Bonchev–Trinajstić information content (AvgIpc) is 3.13. The highest BCUT2D eigenvalue weighted by Crippen LogP contribution is 2.24. The predicted octanol–water partition coefficient (Wildman–Crippen LogP) is 1.97. The number of imide groups is 1. The third-order valence-corrected chi connectivity index (χ3v) is 5.35. The molecule has 158 valence electrons. The van der Waals surface area contributed by atoms with E-state index in [4.69, 9.17) is 4.74 Å². The number of rotatable bonds is 4. The molecule has 0 bridgehead atoms. The largest absolute Gasteiger partial charge is 0.452 e. The molecule has 2 N–H and O–H groups in total. The molecule has 0 aromatic carbocycles. The summed E-state index contributed by atoms with van der Waals surface area (Å²) >= 11 is 0. The SMILES string of the molecule is C[C@@H](OC(=O)C1CCN(C(=O)C(C)(C)C)CC1)C(=O)NC(=O)NC1CCCC1. The highest BCUT2D eigenvalue weighted by atomic mass is 16.5. The molecule has 2 fully saturated rings. The van der Waals surface area contributed by atoms with E-state index in [1.807, 2.05) is 20.8 Å². The first-order chi connectivity index (χ1) is 13.1. The van der Waals surface area contributed by atoms with E-state index in [1.54, 1.807) is 4.90 Å². The van der Waals surface area contributed by atoms with Crippen molar-refractivity contribution in [3.8, 4) is 0 Å². The molecule has 1 atom stereocenters. The number of carbonyl (C=O) groups excluding carboxylic acids is 4. The van der Waals surface area contributed by atoms with Gasteiger partial charge >= 0.3 is 12.0 Å². The molecule has 2 aliphatic rings. The van der Waals surface area contributed by atoms with E-state index in [1.165, 1.54) is 6.92 Å². The lowest BCUT2D eigenvalue weighted by Crippen LogP contribution is -2.48. The van der Waals surface area contributed by atoms with Gasteiger partial charge in [0.1, 0.15) is 0 Å². The van der Waals surface area contributed by atoms with Crippen molar-refractivity contribution in [3.05, 3.63) is 0 Å². The zero-order chi connectivity index (χ0) is 20.9. The number of hydrogen-bond donors (Lipinski definition) is 2. The van der Waals surface area contributed by atoms with E-state index in [9.17, 15) is 19.2 Å². The number of ether oxygens (including phenoxy) is 1. The molecule has 0 aromatic heterocycles. The number of nitrogens with one attached hydrogen (secondary N) is 2. The molecule has 1 saturated heterocycles. The second-order valence-electron chi connectivity index (χ2n) is 8.84. The van der Waals surface area contributed by atoms with E-state index in [2.05, 4.69) is 10.6 Å². The van der Waals surface area contributed by atoms with E-state index in [-0.39, 0.29) is 17.9 Å². The van der Waals surface area contributed by atoms with Crippen LogP contribution in [0.3, 0.4) is 0 Å². The number of urea groups is 1. The van der Waals surface area contributed by atoms with Crippen LogP contribution < -0.4 is 10.6 Å². The molecule has 2 rings (SSSR count). The molecular formula is C20H33N3O5. The number of carbonyl (C=O) groups is 4. The maximum atomic E-state index is 12.3. The minimum absolute atomic E-state index is 0.0698. The third-order valence-electron chi connectivity index (χ3n) is 5.35. The molecule has 1 aliphatic heterocycles. The monoisotopic (exact) mass is 395 g/mol. The van der Waals surface area contributed by atoms with Crippen molar-refractivity contribution in [3.63, 3.8) is 0 Å². The summed E-state index contributed by atoms with van der Waals surface area (Å²) in [5.41, 5.74) is -0.445. The van der Waals surface area contributed by atoms with Crippen LogP contribution in [0.25, 0.3) is 0 Å². The highest BCUT2D eigenvalue weighted by Gasteiger charge is 2.34. The van der Waals surface area contributed by atoms with Gasteiger partial charge in [-0.05, 0) is 32.6 Å². The van der Waals surface area contributed by atoms with Crippen LogP contribution in [0.1, 0.15) is 66.2 Å². The summed E-state index contributed by atoms with van der Waals surface area (Å²) < 4.78 is 5.25. The molecule has 0 radical (unpaired) electrons. The lowest BCUT2D eigenvalue weighted by Gasteiger charge is -2.35. The summed E-state index contributed by atoms with van der Waals surface area (Å²) in [5, 5.41) is 4.99. The van der Waals surface area contributed by atoms with Crippen LogP contribution in [-0.4, -0.2) is 54.0 Å². The first kappa shape index (κ1) is 22.2. The van der Waals surface area contributed by atoms with Crippen molar-refractivity contribution in [2.45, 2.75) is 78.4 Å². The first-order valence-corrected chi connectivity index (χ1v) is 10.2. The van der Waals surface area contributed by atoms with Crippen molar-refractivity contribution >= 4 is 23.8 Å². The topological polar surface area (TPSA) is 105 Å². The van der Waals surface area contributed by atoms with Crippen LogP contribution in [0.2, 0.25) is 0 Å². The summed E-state index contributed by atoms with van der Waals surface area (Å²) in [7, 11) is 0. The van der Waals surface area contributed by atoms with Crippen LogP contribution in [0.5, 0.6) is 0 Å². The lowest BCUT2D eigenvalue weighted by atomic mass is 9.91. The van der Waals surface area contributed by atoms with Gasteiger partial charge in [-0.2, -0.15) is 0 Å². The maximum absolute atomic E-state index is 12.3. The Bertz CT molecular complexity index is 599. The van der Waals surface area contributed by atoms with Crippen molar-refractivity contribution in [1.29, 1.82) is 0 Å². The summed E-state index contributed by atoms with van der Waals surface area (Å²) in [6, 6.07) is -0.444. The maximum Gasteiger partial charge on any atom is 0.321 e. The Morgan fingerprint density at radius 3 is 2.11 bits per heavy atom. The number of esters is 1. The fourth-order valence-electron chi connectivity index (χ4n) is 3.62. The molecule has 1 aliphatic carbocycles. The molecule has 8 nitrogen and oxygen atoms in total. The van der Waals surface area contributed by atoms with E-state index in [0.29, 0.717) is 25.9 Å². The van der Waals surface area contributed by atoms with E-state index < -0.39 is 29.4 Å². The summed E-state index contributed by atoms with van der Waals surface area (Å²) in [5.74, 6) is -1.36. The molecule has 8 heteroatoms. The fraction of sp³-hybridized carbons (Fsp3) is 0.800. The Hall–Kier alpha value is -2.12. The van der Waals surface area contributed by atoms with E-state index in [0.717, 1.165) is 25.7 Å². The number of amides is 4. The minimum atomic E-state index is -1.05. The zero-order valence-electron chi connectivity index (χ0n) is 17.4. The second-order valence-corrected chi connectivity index (χ2v) is 8.84. The van der Waals surface area contributed by atoms with Crippen LogP contribution in [-0.2, 0) is 19.1 Å². The van der Waals surface area contributed by atoms with Crippen LogP contribution in [0, 0.1) is 11.3 Å². The quantitative estimate of drug-likeness (QED) is 0.708. The van der Waals surface area contributed by atoms with Crippen molar-refractivity contribution < 1.29 is 23.9 Å². The van der Waals surface area contributed by atoms with Crippen molar-refractivity contribution in [2.75, 3.05) is 13.1 Å². The van der Waals surface area contributed by atoms with Crippen LogP contribution in [0.15, 0.2) is 0 Å². The number of piperidine rings is 1. The van der Waals surface area contributed by atoms with Gasteiger partial charge in [0.15, 0.2) is 6.10 Å². The number of likely N-dealkylation sites (tertiary alicyclic amines) is 1. The van der Waals surface area contributed by atoms with E-state index >= 15 is 0 Å². The molecule has 1 heterocycles. The van der Waals surface area contributed by atoms with Gasteiger partial charge in [-0.15, -0.1) is 0 Å². The average molecular weight is 396 g/mol. The molecule has 28 heavy (non-hydrogen) atoms. The van der Waals surface area contributed by atoms with Gasteiger partial charge in [0, 0.05) is 24.5 Å². The molecule has 0 spiro atoms. The Morgan fingerprint density at radius 1 is 1.00 bits per heavy atom. The normalized spacial score (nSPS) is 19.8. The summed E-state index contributed by atoms with van der Waals surface area (Å²) in [6.45, 7) is 8.07. The summed E-state index contributed by atoms with van der Waals surface area (Å²) in [6.07, 6.45) is 3.97. The Morgan fingerprint density at radius 2 is 1.57 bits per heavy atom. The molecule has 1 saturated carbocycles. The molecule has 0 unspecified atom stereocenters. The Kier molecular flexibility index (Phi) is 7.43. The highest BCUT2D eigenvalue weighted by molar-refractivity contribution is 5.97. The van der Waals surface area contributed by atoms with Gasteiger partial charge in [0.25, 0.3) is 5.91 Å². The molecular weight excluding hydrogens is 362 g/mol. The number of nitrogens with zero attached hydrogens (tertiary/aromatic N) is 1. The second kappa shape index (κ2) is 9.39. The fourth-order valence-corrected chi connectivity index (χ4v) is 3.62. The van der Waals surface area contributed by atoms with Crippen LogP contribution >= 0.6 is 0 Å². The van der Waals surface area contributed by atoms with Crippen molar-refractivity contribution in [2.24, 2.45) is 11.3 Å². The third kappa shape index (κ3) is 6.21. The lowest BCUT2D eigenvalue weighted by molar-refractivity contribution is -0.161.